The van der Waals surface area contributed by atoms with Crippen LogP contribution in [-0.4, -0.2) is 65.8 Å². The van der Waals surface area contributed by atoms with Gasteiger partial charge in [-0.25, -0.2) is 0 Å². The summed E-state index contributed by atoms with van der Waals surface area (Å²) in [5, 5.41) is 19.5. The molecule has 7 nitrogen and oxygen atoms in total. The van der Waals surface area contributed by atoms with Crippen molar-refractivity contribution >= 4 is 15.4 Å². The van der Waals surface area contributed by atoms with Crippen molar-refractivity contribution in [2.75, 3.05) is 7.11 Å². The lowest BCUT2D eigenvalue weighted by Crippen LogP contribution is -2.39. The Kier molecular flexibility index (Phi) is 6.45. The van der Waals surface area contributed by atoms with Crippen LogP contribution in [-0.2, 0) is 18.6 Å². The quantitative estimate of drug-likeness (QED) is 0.441. The monoisotopic (exact) mass is 324 g/mol. The molecule has 0 aliphatic carbocycles. The lowest BCUT2D eigenvalue weighted by Gasteiger charge is -2.34. The lowest BCUT2D eigenvalue weighted by atomic mass is 9.89. The second-order valence-electron chi connectivity index (χ2n) is 5.87. The normalized spacial score (nSPS) is 36.9. The highest BCUT2D eigenvalue weighted by molar-refractivity contribution is 7.53. The molecule has 0 spiro atoms. The third-order valence-electron chi connectivity index (χ3n) is 4.05. The van der Waals surface area contributed by atoms with E-state index in [-0.39, 0.29) is 12.4 Å². The van der Waals surface area contributed by atoms with Crippen LogP contribution in [0, 0.1) is 0 Å². The summed E-state index contributed by atoms with van der Waals surface area (Å²) in [6.07, 6.45) is -1.16. The zero-order valence-corrected chi connectivity index (χ0v) is 14.1. The molecule has 1 rings (SSSR count). The van der Waals surface area contributed by atoms with E-state index in [4.69, 9.17) is 14.0 Å². The minimum atomic E-state index is -4.13. The van der Waals surface area contributed by atoms with Crippen molar-refractivity contribution in [2.24, 2.45) is 0 Å². The summed E-state index contributed by atoms with van der Waals surface area (Å²) >= 11 is 0. The lowest BCUT2D eigenvalue weighted by molar-refractivity contribution is -0.0412. The van der Waals surface area contributed by atoms with Gasteiger partial charge in [0.2, 0.25) is 0 Å². The summed E-state index contributed by atoms with van der Waals surface area (Å²) in [4.78, 5) is 9.70. The standard InChI is InChI=1S/C12H26BO7P/c1-5-12(3,20-21(16,17)7(2)14)6-8-9(15)10(18-4)11(13)19-8/h7-11,14-15H,5-6,13H2,1-4H3,(H,16,17)/t7-,8-,9-,10-,11-,12?/m1/s1. The number of hydrogen-bond acceptors (Lipinski definition) is 6. The van der Waals surface area contributed by atoms with Gasteiger partial charge in [0.05, 0.1) is 17.7 Å². The molecule has 0 aromatic carbocycles. The molecule has 1 saturated heterocycles. The minimum absolute atomic E-state index is 0.228. The number of hydrogen-bond donors (Lipinski definition) is 3. The molecule has 0 amide bonds. The van der Waals surface area contributed by atoms with Crippen LogP contribution in [0.1, 0.15) is 33.6 Å². The third-order valence-corrected chi connectivity index (χ3v) is 5.69. The smallest absolute Gasteiger partial charge is 0.356 e. The zero-order chi connectivity index (χ0) is 16.4. The summed E-state index contributed by atoms with van der Waals surface area (Å²) in [7, 11) is -0.829. The van der Waals surface area contributed by atoms with Crippen LogP contribution in [0.15, 0.2) is 0 Å². The van der Waals surface area contributed by atoms with E-state index < -0.39 is 37.4 Å². The van der Waals surface area contributed by atoms with E-state index in [9.17, 15) is 19.7 Å². The van der Waals surface area contributed by atoms with Crippen LogP contribution < -0.4 is 0 Å². The number of methoxy groups -OCH3 is 1. The van der Waals surface area contributed by atoms with Gasteiger partial charge in [0.25, 0.3) is 0 Å². The SMILES string of the molecule is B[C@@H]1O[C@H](CC(C)(CC)OP(=O)(O)[C@H](C)O)[C@@H](O)[C@H]1OC. The Morgan fingerprint density at radius 1 is 1.52 bits per heavy atom. The summed E-state index contributed by atoms with van der Waals surface area (Å²) in [6.45, 7) is 4.68. The number of ether oxygens (including phenoxy) is 2. The summed E-state index contributed by atoms with van der Waals surface area (Å²) in [6, 6.07) is -0.270. The average molecular weight is 324 g/mol. The molecular weight excluding hydrogens is 298 g/mol. The minimum Gasteiger partial charge on any atom is -0.388 e. The highest BCUT2D eigenvalue weighted by atomic mass is 31.2. The van der Waals surface area contributed by atoms with Gasteiger partial charge in [-0.05, 0) is 20.3 Å². The van der Waals surface area contributed by atoms with E-state index in [0.717, 1.165) is 0 Å². The first-order valence-corrected chi connectivity index (χ1v) is 8.78. The van der Waals surface area contributed by atoms with Gasteiger partial charge in [-0.2, -0.15) is 0 Å². The van der Waals surface area contributed by atoms with Crippen LogP contribution in [0.3, 0.4) is 0 Å². The number of aliphatic hydroxyl groups is 2. The predicted octanol–water partition coefficient (Wildman–Crippen LogP) is -0.181. The molecule has 3 N–H and O–H groups in total. The van der Waals surface area contributed by atoms with Gasteiger partial charge in [0.1, 0.15) is 20.1 Å². The average Bonchev–Trinajstić information content (AvgIpc) is 2.63. The van der Waals surface area contributed by atoms with Gasteiger partial charge in [0.15, 0.2) is 5.85 Å². The van der Waals surface area contributed by atoms with Crippen LogP contribution in [0.5, 0.6) is 0 Å². The van der Waals surface area contributed by atoms with Crippen molar-refractivity contribution in [2.45, 2.75) is 69.4 Å². The maximum atomic E-state index is 11.9. The van der Waals surface area contributed by atoms with E-state index in [1.807, 2.05) is 0 Å². The molecule has 2 unspecified atom stereocenters. The molecule has 1 aliphatic rings. The Balaban J connectivity index is 2.80. The van der Waals surface area contributed by atoms with Gasteiger partial charge in [-0.1, -0.05) is 6.92 Å². The second kappa shape index (κ2) is 7.09. The van der Waals surface area contributed by atoms with E-state index >= 15 is 0 Å². The summed E-state index contributed by atoms with van der Waals surface area (Å²) in [5.74, 6) is -1.47. The highest BCUT2D eigenvalue weighted by Gasteiger charge is 2.46. The van der Waals surface area contributed by atoms with Crippen molar-refractivity contribution in [1.82, 2.24) is 0 Å². The van der Waals surface area contributed by atoms with Crippen molar-refractivity contribution in [3.05, 3.63) is 0 Å². The Bertz CT molecular complexity index is 394. The molecule has 0 aromatic heterocycles. The Hall–Kier alpha value is 0.0549. The zero-order valence-electron chi connectivity index (χ0n) is 13.2. The second-order valence-corrected chi connectivity index (χ2v) is 7.92. The fourth-order valence-electron chi connectivity index (χ4n) is 2.49. The fourth-order valence-corrected chi connectivity index (χ4v) is 3.47. The molecule has 1 fully saturated rings. The van der Waals surface area contributed by atoms with Crippen LogP contribution >= 0.6 is 7.60 Å². The Morgan fingerprint density at radius 2 is 2.10 bits per heavy atom. The van der Waals surface area contributed by atoms with Crippen molar-refractivity contribution in [3.63, 3.8) is 0 Å². The first-order valence-electron chi connectivity index (χ1n) is 7.14. The molecule has 0 bridgehead atoms. The van der Waals surface area contributed by atoms with Gasteiger partial charge in [-0.15, -0.1) is 0 Å². The van der Waals surface area contributed by atoms with E-state index in [1.54, 1.807) is 21.7 Å². The predicted molar refractivity (Wildman–Crippen MR) is 79.9 cm³/mol. The van der Waals surface area contributed by atoms with Crippen LogP contribution in [0.2, 0.25) is 0 Å². The van der Waals surface area contributed by atoms with Gasteiger partial charge >= 0.3 is 7.60 Å². The van der Waals surface area contributed by atoms with E-state index in [1.165, 1.54) is 14.0 Å². The maximum absolute atomic E-state index is 11.9. The fraction of sp³-hybridized carbons (Fsp3) is 1.00. The Labute approximate surface area is 126 Å². The molecular formula is C12H26BO7P. The number of aliphatic hydroxyl groups excluding tert-OH is 2. The van der Waals surface area contributed by atoms with Crippen LogP contribution in [0.4, 0.5) is 0 Å². The highest BCUT2D eigenvalue weighted by Crippen LogP contribution is 2.51. The molecule has 1 aliphatic heterocycles. The largest absolute Gasteiger partial charge is 0.388 e. The van der Waals surface area contributed by atoms with Crippen molar-refractivity contribution in [1.29, 1.82) is 0 Å². The molecule has 124 valence electrons. The van der Waals surface area contributed by atoms with Crippen LogP contribution in [0.25, 0.3) is 0 Å². The van der Waals surface area contributed by atoms with Crippen molar-refractivity contribution in [3.8, 4) is 0 Å². The molecule has 0 saturated carbocycles. The molecule has 0 aromatic rings. The maximum Gasteiger partial charge on any atom is 0.356 e. The third kappa shape index (κ3) is 4.51. The molecule has 1 heterocycles. The van der Waals surface area contributed by atoms with E-state index in [2.05, 4.69) is 0 Å². The first-order chi connectivity index (χ1) is 9.56. The number of rotatable bonds is 7. The molecule has 9 heteroatoms. The van der Waals surface area contributed by atoms with E-state index in [0.29, 0.717) is 6.42 Å². The van der Waals surface area contributed by atoms with Gasteiger partial charge < -0.3 is 29.1 Å². The molecule has 0 radical (unpaired) electrons. The first kappa shape index (κ1) is 19.1. The summed E-state index contributed by atoms with van der Waals surface area (Å²) in [5.41, 5.74) is -0.991. The molecule has 21 heavy (non-hydrogen) atoms. The van der Waals surface area contributed by atoms with Gasteiger partial charge in [-0.3, -0.25) is 4.57 Å². The molecule has 7 atom stereocenters. The Morgan fingerprint density at radius 3 is 2.48 bits per heavy atom. The van der Waals surface area contributed by atoms with Crippen molar-refractivity contribution < 1.29 is 33.7 Å². The summed E-state index contributed by atoms with van der Waals surface area (Å²) < 4.78 is 28.0. The van der Waals surface area contributed by atoms with Gasteiger partial charge in [0, 0.05) is 13.5 Å². The topological polar surface area (TPSA) is 105 Å².